The van der Waals surface area contributed by atoms with Crippen molar-refractivity contribution >= 4 is 0 Å². The first-order chi connectivity index (χ1) is 9.77. The summed E-state index contributed by atoms with van der Waals surface area (Å²) in [6.07, 6.45) is 3.13. The summed E-state index contributed by atoms with van der Waals surface area (Å²) in [5.41, 5.74) is 1.91. The molecule has 0 amide bonds. The third-order valence-electron chi connectivity index (χ3n) is 3.35. The average Bonchev–Trinajstić information content (AvgIpc) is 2.50. The molecule has 0 aliphatic rings. The van der Waals surface area contributed by atoms with Gasteiger partial charge >= 0.3 is 0 Å². The molecule has 0 fully saturated rings. The molecule has 0 radical (unpaired) electrons. The van der Waals surface area contributed by atoms with Gasteiger partial charge in [0.25, 0.3) is 5.56 Å². The molecule has 0 saturated carbocycles. The highest BCUT2D eigenvalue weighted by Gasteiger charge is 2.09. The van der Waals surface area contributed by atoms with Crippen LogP contribution in [0.3, 0.4) is 0 Å². The van der Waals surface area contributed by atoms with Crippen molar-refractivity contribution in [2.24, 2.45) is 0 Å². The number of rotatable bonds is 5. The molecule has 1 aromatic heterocycles. The number of nitrogens with zero attached hydrogens (tertiary/aromatic N) is 2. The molecule has 1 heterocycles. The topological polar surface area (TPSA) is 45.8 Å². The van der Waals surface area contributed by atoms with Crippen LogP contribution in [-0.4, -0.2) is 4.57 Å². The summed E-state index contributed by atoms with van der Waals surface area (Å²) in [7, 11) is 0. The van der Waals surface area contributed by atoms with Crippen molar-refractivity contribution in [2.75, 3.05) is 0 Å². The van der Waals surface area contributed by atoms with Crippen molar-refractivity contribution in [3.63, 3.8) is 0 Å². The SMILES string of the molecule is CCCCCn1c(-c2ccccc2)ccc(C#N)c1=O. The molecule has 102 valence electrons. The van der Waals surface area contributed by atoms with Gasteiger partial charge in [0.1, 0.15) is 11.6 Å². The van der Waals surface area contributed by atoms with Crippen molar-refractivity contribution < 1.29 is 0 Å². The molecule has 1 aromatic carbocycles. The van der Waals surface area contributed by atoms with Gasteiger partial charge in [-0.2, -0.15) is 5.26 Å². The van der Waals surface area contributed by atoms with E-state index in [1.54, 1.807) is 10.6 Å². The zero-order valence-corrected chi connectivity index (χ0v) is 11.7. The van der Waals surface area contributed by atoms with E-state index in [-0.39, 0.29) is 11.1 Å². The van der Waals surface area contributed by atoms with Crippen molar-refractivity contribution in [3.05, 3.63) is 58.4 Å². The lowest BCUT2D eigenvalue weighted by Gasteiger charge is -2.13. The quantitative estimate of drug-likeness (QED) is 0.776. The largest absolute Gasteiger partial charge is 0.307 e. The Labute approximate surface area is 119 Å². The third-order valence-corrected chi connectivity index (χ3v) is 3.35. The molecular weight excluding hydrogens is 248 g/mol. The standard InChI is InChI=1S/C17H18N2O/c1-2-3-7-12-19-16(14-8-5-4-6-9-14)11-10-15(13-18)17(19)20/h4-6,8-11H,2-3,7,12H2,1H3. The first-order valence-electron chi connectivity index (χ1n) is 6.97. The molecule has 2 aromatic rings. The van der Waals surface area contributed by atoms with Gasteiger partial charge in [0.05, 0.1) is 5.69 Å². The third kappa shape index (κ3) is 2.97. The number of hydrogen-bond donors (Lipinski definition) is 0. The summed E-state index contributed by atoms with van der Waals surface area (Å²) in [6, 6.07) is 15.3. The van der Waals surface area contributed by atoms with Crippen LogP contribution in [0.15, 0.2) is 47.3 Å². The van der Waals surface area contributed by atoms with Crippen LogP contribution < -0.4 is 5.56 Å². The van der Waals surface area contributed by atoms with Crippen LogP contribution in [0.2, 0.25) is 0 Å². The maximum absolute atomic E-state index is 12.3. The summed E-state index contributed by atoms with van der Waals surface area (Å²) in [5, 5.41) is 9.01. The lowest BCUT2D eigenvalue weighted by Crippen LogP contribution is -2.24. The second-order valence-corrected chi connectivity index (χ2v) is 4.77. The van der Waals surface area contributed by atoms with Crippen LogP contribution in [0.5, 0.6) is 0 Å². The van der Waals surface area contributed by atoms with Gasteiger partial charge in [0.15, 0.2) is 0 Å². The Bertz CT molecular complexity index is 666. The molecule has 0 saturated heterocycles. The summed E-state index contributed by atoms with van der Waals surface area (Å²) in [4.78, 5) is 12.3. The zero-order chi connectivity index (χ0) is 14.4. The van der Waals surface area contributed by atoms with Crippen LogP contribution >= 0.6 is 0 Å². The second kappa shape index (κ2) is 6.72. The van der Waals surface area contributed by atoms with Gasteiger partial charge in [-0.25, -0.2) is 0 Å². The van der Waals surface area contributed by atoms with Gasteiger partial charge in [-0.15, -0.1) is 0 Å². The van der Waals surface area contributed by atoms with Gasteiger partial charge < -0.3 is 4.57 Å². The highest BCUT2D eigenvalue weighted by molar-refractivity contribution is 5.60. The number of nitriles is 1. The number of unbranched alkanes of at least 4 members (excludes halogenated alkanes) is 2. The van der Waals surface area contributed by atoms with Gasteiger partial charge in [-0.3, -0.25) is 4.79 Å². The number of aromatic nitrogens is 1. The Morgan fingerprint density at radius 2 is 1.85 bits per heavy atom. The van der Waals surface area contributed by atoms with E-state index in [0.29, 0.717) is 6.54 Å². The molecule has 0 atom stereocenters. The summed E-state index contributed by atoms with van der Waals surface area (Å²) < 4.78 is 1.73. The molecular formula is C17H18N2O. The predicted octanol–water partition coefficient (Wildman–Crippen LogP) is 3.58. The Balaban J connectivity index is 2.49. The lowest BCUT2D eigenvalue weighted by molar-refractivity contribution is 0.591. The van der Waals surface area contributed by atoms with Crippen LogP contribution in [0.1, 0.15) is 31.7 Å². The molecule has 0 N–H and O–H groups in total. The van der Waals surface area contributed by atoms with Gasteiger partial charge in [-0.05, 0) is 24.1 Å². The van der Waals surface area contributed by atoms with E-state index < -0.39 is 0 Å². The predicted molar refractivity (Wildman–Crippen MR) is 80.4 cm³/mol. The van der Waals surface area contributed by atoms with E-state index in [0.717, 1.165) is 30.5 Å². The number of pyridine rings is 1. The fourth-order valence-corrected chi connectivity index (χ4v) is 2.27. The summed E-state index contributed by atoms with van der Waals surface area (Å²) in [6.45, 7) is 2.79. The van der Waals surface area contributed by atoms with E-state index in [4.69, 9.17) is 5.26 Å². The normalized spacial score (nSPS) is 10.2. The average molecular weight is 266 g/mol. The molecule has 0 bridgehead atoms. The first-order valence-corrected chi connectivity index (χ1v) is 6.97. The first kappa shape index (κ1) is 14.1. The van der Waals surface area contributed by atoms with E-state index in [1.807, 2.05) is 42.5 Å². The highest BCUT2D eigenvalue weighted by atomic mass is 16.1. The van der Waals surface area contributed by atoms with E-state index in [2.05, 4.69) is 6.92 Å². The van der Waals surface area contributed by atoms with Crippen LogP contribution in [0.25, 0.3) is 11.3 Å². The van der Waals surface area contributed by atoms with Crippen molar-refractivity contribution in [3.8, 4) is 17.3 Å². The summed E-state index contributed by atoms with van der Waals surface area (Å²) >= 11 is 0. The number of benzene rings is 1. The monoisotopic (exact) mass is 266 g/mol. The molecule has 20 heavy (non-hydrogen) atoms. The minimum atomic E-state index is -0.190. The minimum Gasteiger partial charge on any atom is -0.307 e. The van der Waals surface area contributed by atoms with E-state index in [9.17, 15) is 4.79 Å². The minimum absolute atomic E-state index is 0.190. The maximum Gasteiger partial charge on any atom is 0.268 e. The Kier molecular flexibility index (Phi) is 4.73. The lowest BCUT2D eigenvalue weighted by atomic mass is 10.1. The number of hydrogen-bond acceptors (Lipinski definition) is 2. The van der Waals surface area contributed by atoms with Crippen LogP contribution in [0.4, 0.5) is 0 Å². The zero-order valence-electron chi connectivity index (χ0n) is 11.7. The molecule has 0 aliphatic heterocycles. The van der Waals surface area contributed by atoms with Gasteiger partial charge in [0.2, 0.25) is 0 Å². The van der Waals surface area contributed by atoms with E-state index in [1.165, 1.54) is 0 Å². The fraction of sp³-hybridized carbons (Fsp3) is 0.294. The van der Waals surface area contributed by atoms with Gasteiger partial charge in [0, 0.05) is 6.54 Å². The van der Waals surface area contributed by atoms with Gasteiger partial charge in [-0.1, -0.05) is 50.1 Å². The molecule has 0 spiro atoms. The summed E-state index contributed by atoms with van der Waals surface area (Å²) in [5.74, 6) is 0. The molecule has 3 nitrogen and oxygen atoms in total. The molecule has 3 heteroatoms. The molecule has 0 unspecified atom stereocenters. The fourth-order valence-electron chi connectivity index (χ4n) is 2.27. The smallest absolute Gasteiger partial charge is 0.268 e. The highest BCUT2D eigenvalue weighted by Crippen LogP contribution is 2.18. The maximum atomic E-state index is 12.3. The molecule has 0 aliphatic carbocycles. The van der Waals surface area contributed by atoms with Crippen molar-refractivity contribution in [2.45, 2.75) is 32.7 Å². The van der Waals surface area contributed by atoms with Crippen LogP contribution in [0, 0.1) is 11.3 Å². The Morgan fingerprint density at radius 1 is 1.10 bits per heavy atom. The Morgan fingerprint density at radius 3 is 2.50 bits per heavy atom. The van der Waals surface area contributed by atoms with Crippen molar-refractivity contribution in [1.82, 2.24) is 4.57 Å². The molecule has 2 rings (SSSR count). The Hall–Kier alpha value is -2.34. The van der Waals surface area contributed by atoms with Crippen molar-refractivity contribution in [1.29, 1.82) is 5.26 Å². The van der Waals surface area contributed by atoms with E-state index >= 15 is 0 Å². The van der Waals surface area contributed by atoms with Crippen LogP contribution in [-0.2, 0) is 6.54 Å². The second-order valence-electron chi connectivity index (χ2n) is 4.77.